The van der Waals surface area contributed by atoms with Crippen molar-refractivity contribution in [3.63, 3.8) is 0 Å². The minimum atomic E-state index is -0.178. The number of anilines is 2. The van der Waals surface area contributed by atoms with E-state index in [9.17, 15) is 4.79 Å². The van der Waals surface area contributed by atoms with Crippen LogP contribution >= 0.6 is 0 Å². The van der Waals surface area contributed by atoms with E-state index in [4.69, 9.17) is 0 Å². The molecule has 0 aliphatic rings. The molecule has 0 fully saturated rings. The molecule has 2 aromatic carbocycles. The molecule has 2 N–H and O–H groups in total. The summed E-state index contributed by atoms with van der Waals surface area (Å²) in [6.07, 6.45) is 1.68. The maximum absolute atomic E-state index is 12.2. The zero-order chi connectivity index (χ0) is 17.6. The van der Waals surface area contributed by atoms with Crippen molar-refractivity contribution < 1.29 is 4.79 Å². The molecular weight excluding hydrogens is 310 g/mol. The molecule has 0 saturated heterocycles. The van der Waals surface area contributed by atoms with E-state index in [1.807, 2.05) is 42.5 Å². The molecule has 3 aromatic rings. The predicted octanol–water partition coefficient (Wildman–Crippen LogP) is 4.37. The van der Waals surface area contributed by atoms with Gasteiger partial charge in [0, 0.05) is 12.2 Å². The Morgan fingerprint density at radius 1 is 0.920 bits per heavy atom. The average Bonchev–Trinajstić information content (AvgIpc) is 2.64. The number of carbonyl (C=O) groups is 1. The quantitative estimate of drug-likeness (QED) is 0.730. The van der Waals surface area contributed by atoms with Crippen LogP contribution in [0.1, 0.15) is 27.2 Å². The highest BCUT2D eigenvalue weighted by molar-refractivity contribution is 5.92. The molecule has 0 aliphatic carbocycles. The van der Waals surface area contributed by atoms with Gasteiger partial charge in [-0.1, -0.05) is 48.5 Å². The Balaban J connectivity index is 1.64. The van der Waals surface area contributed by atoms with Gasteiger partial charge in [-0.05, 0) is 42.7 Å². The summed E-state index contributed by atoms with van der Waals surface area (Å²) < 4.78 is 0. The van der Waals surface area contributed by atoms with E-state index in [2.05, 4.69) is 41.6 Å². The van der Waals surface area contributed by atoms with Crippen LogP contribution in [0, 0.1) is 13.8 Å². The molecule has 4 heteroatoms. The van der Waals surface area contributed by atoms with E-state index >= 15 is 0 Å². The Morgan fingerprint density at radius 2 is 1.64 bits per heavy atom. The fourth-order valence-corrected chi connectivity index (χ4v) is 2.63. The monoisotopic (exact) mass is 331 g/mol. The molecule has 1 amide bonds. The maximum atomic E-state index is 12.2. The third-order valence-electron chi connectivity index (χ3n) is 4.04. The van der Waals surface area contributed by atoms with Crippen LogP contribution in [-0.4, -0.2) is 10.9 Å². The number of hydrogen-bond acceptors (Lipinski definition) is 3. The number of amides is 1. The maximum Gasteiger partial charge on any atom is 0.270 e. The smallest absolute Gasteiger partial charge is 0.270 e. The van der Waals surface area contributed by atoms with Crippen molar-refractivity contribution >= 4 is 17.3 Å². The van der Waals surface area contributed by atoms with Gasteiger partial charge in [-0.2, -0.15) is 0 Å². The third kappa shape index (κ3) is 4.23. The average molecular weight is 331 g/mol. The number of aryl methyl sites for hydroxylation is 2. The van der Waals surface area contributed by atoms with Crippen molar-refractivity contribution in [2.75, 3.05) is 5.32 Å². The summed E-state index contributed by atoms with van der Waals surface area (Å²) in [5.74, 6) is -0.178. The molecule has 0 aliphatic heterocycles. The first-order valence-electron chi connectivity index (χ1n) is 8.25. The number of rotatable bonds is 5. The van der Waals surface area contributed by atoms with Crippen molar-refractivity contribution in [2.45, 2.75) is 20.4 Å². The molecule has 3 rings (SSSR count). The Morgan fingerprint density at radius 3 is 2.28 bits per heavy atom. The minimum absolute atomic E-state index is 0.178. The second-order valence-corrected chi connectivity index (χ2v) is 5.99. The van der Waals surface area contributed by atoms with Crippen molar-refractivity contribution in [2.24, 2.45) is 0 Å². The highest BCUT2D eigenvalue weighted by atomic mass is 16.1. The molecular formula is C21H21N3O. The van der Waals surface area contributed by atoms with E-state index in [1.54, 1.807) is 12.3 Å². The van der Waals surface area contributed by atoms with Gasteiger partial charge in [-0.25, -0.2) is 4.98 Å². The topological polar surface area (TPSA) is 54.0 Å². The fourth-order valence-electron chi connectivity index (χ4n) is 2.63. The van der Waals surface area contributed by atoms with Crippen molar-refractivity contribution in [1.29, 1.82) is 0 Å². The lowest BCUT2D eigenvalue weighted by molar-refractivity contribution is 0.0946. The lowest BCUT2D eigenvalue weighted by atomic mass is 10.1. The summed E-state index contributed by atoms with van der Waals surface area (Å²) >= 11 is 0. The number of nitrogens with zero attached hydrogens (tertiary/aromatic N) is 1. The number of benzene rings is 2. The standard InChI is InChI=1S/C21H21N3O/c1-15-7-6-8-16(2)20(15)24-18-11-12-19(22-14-18)21(25)23-13-17-9-4-3-5-10-17/h3-12,14,24H,13H2,1-2H3,(H,23,25). The fraction of sp³-hybridized carbons (Fsp3) is 0.143. The zero-order valence-electron chi connectivity index (χ0n) is 14.4. The van der Waals surface area contributed by atoms with Crippen molar-refractivity contribution in [3.05, 3.63) is 89.2 Å². The molecule has 25 heavy (non-hydrogen) atoms. The van der Waals surface area contributed by atoms with E-state index < -0.39 is 0 Å². The first-order chi connectivity index (χ1) is 12.1. The first-order valence-corrected chi connectivity index (χ1v) is 8.25. The molecule has 0 saturated carbocycles. The van der Waals surface area contributed by atoms with E-state index in [-0.39, 0.29) is 5.91 Å². The van der Waals surface area contributed by atoms with Gasteiger partial charge in [0.15, 0.2) is 0 Å². The zero-order valence-corrected chi connectivity index (χ0v) is 14.4. The third-order valence-corrected chi connectivity index (χ3v) is 4.04. The highest BCUT2D eigenvalue weighted by Gasteiger charge is 2.08. The normalized spacial score (nSPS) is 10.3. The molecule has 0 spiro atoms. The highest BCUT2D eigenvalue weighted by Crippen LogP contribution is 2.23. The summed E-state index contributed by atoms with van der Waals surface area (Å²) in [7, 11) is 0. The number of aromatic nitrogens is 1. The summed E-state index contributed by atoms with van der Waals surface area (Å²) in [4.78, 5) is 16.5. The Bertz CT molecular complexity index is 838. The van der Waals surface area contributed by atoms with Crippen molar-refractivity contribution in [3.8, 4) is 0 Å². The molecule has 0 atom stereocenters. The first kappa shape index (κ1) is 16.7. The molecule has 1 aromatic heterocycles. The minimum Gasteiger partial charge on any atom is -0.354 e. The van der Waals surface area contributed by atoms with Crippen molar-refractivity contribution in [1.82, 2.24) is 10.3 Å². The van der Waals surface area contributed by atoms with Gasteiger partial charge in [0.05, 0.1) is 11.9 Å². The Kier molecular flexibility index (Phi) is 5.09. The molecule has 0 unspecified atom stereocenters. The summed E-state index contributed by atoms with van der Waals surface area (Å²) in [6.45, 7) is 4.62. The lowest BCUT2D eigenvalue weighted by Gasteiger charge is -2.12. The van der Waals surface area contributed by atoms with Gasteiger partial charge in [-0.15, -0.1) is 0 Å². The second kappa shape index (κ2) is 7.62. The number of hydrogen-bond donors (Lipinski definition) is 2. The molecule has 126 valence electrons. The van der Waals surface area contributed by atoms with Gasteiger partial charge in [0.2, 0.25) is 0 Å². The summed E-state index contributed by atoms with van der Waals surface area (Å²) in [6, 6.07) is 19.6. The van der Waals surface area contributed by atoms with Crippen LogP contribution in [0.4, 0.5) is 11.4 Å². The van der Waals surface area contributed by atoms with Gasteiger partial charge < -0.3 is 10.6 Å². The van der Waals surface area contributed by atoms with Crippen LogP contribution < -0.4 is 10.6 Å². The van der Waals surface area contributed by atoms with Gasteiger partial charge >= 0.3 is 0 Å². The van der Waals surface area contributed by atoms with E-state index in [1.165, 1.54) is 11.1 Å². The number of para-hydroxylation sites is 1. The van der Waals surface area contributed by atoms with Gasteiger partial charge in [-0.3, -0.25) is 4.79 Å². The Labute approximate surface area is 147 Å². The summed E-state index contributed by atoms with van der Waals surface area (Å²) in [5.41, 5.74) is 5.74. The van der Waals surface area contributed by atoms with Crippen LogP contribution in [0.5, 0.6) is 0 Å². The van der Waals surface area contributed by atoms with Gasteiger partial charge in [0.1, 0.15) is 5.69 Å². The van der Waals surface area contributed by atoms with Crippen LogP contribution in [0.2, 0.25) is 0 Å². The number of carbonyl (C=O) groups excluding carboxylic acids is 1. The second-order valence-electron chi connectivity index (χ2n) is 5.99. The predicted molar refractivity (Wildman–Crippen MR) is 101 cm³/mol. The molecule has 1 heterocycles. The Hall–Kier alpha value is -3.14. The van der Waals surface area contributed by atoms with Crippen LogP contribution in [0.15, 0.2) is 66.9 Å². The van der Waals surface area contributed by atoms with Gasteiger partial charge in [0.25, 0.3) is 5.91 Å². The van der Waals surface area contributed by atoms with Crippen LogP contribution in [0.25, 0.3) is 0 Å². The lowest BCUT2D eigenvalue weighted by Crippen LogP contribution is -2.23. The number of pyridine rings is 1. The molecule has 0 bridgehead atoms. The van der Waals surface area contributed by atoms with E-state index in [0.29, 0.717) is 12.2 Å². The molecule has 0 radical (unpaired) electrons. The van der Waals surface area contributed by atoms with Crippen LogP contribution in [0.3, 0.4) is 0 Å². The van der Waals surface area contributed by atoms with E-state index in [0.717, 1.165) is 16.9 Å². The number of nitrogens with one attached hydrogen (secondary N) is 2. The summed E-state index contributed by atoms with van der Waals surface area (Å²) in [5, 5.41) is 6.25. The largest absolute Gasteiger partial charge is 0.354 e. The SMILES string of the molecule is Cc1cccc(C)c1Nc1ccc(C(=O)NCc2ccccc2)nc1. The molecule has 4 nitrogen and oxygen atoms in total. The van der Waals surface area contributed by atoms with Crippen LogP contribution in [-0.2, 0) is 6.54 Å².